The fraction of sp³-hybridized carbons (Fsp3) is 0.833. The Morgan fingerprint density at radius 3 is 2.25 bits per heavy atom. The predicted octanol–water partition coefficient (Wildman–Crippen LogP) is -3.32. The fourth-order valence-electron chi connectivity index (χ4n) is 2.08. The van der Waals surface area contributed by atoms with E-state index in [0.29, 0.717) is 0 Å². The highest BCUT2D eigenvalue weighted by Crippen LogP contribution is 2.96. The normalized spacial score (nSPS) is 49.2. The molecule has 0 aromatic carbocycles. The lowest BCUT2D eigenvalue weighted by Crippen LogP contribution is -2.41. The summed E-state index contributed by atoms with van der Waals surface area (Å²) in [5, 5.41) is 17.4. The molecule has 0 aromatic heterocycles. The highest BCUT2D eigenvalue weighted by molar-refractivity contribution is 5.86. The Hall–Kier alpha value is -0.690. The van der Waals surface area contributed by atoms with Gasteiger partial charge in [-0.1, -0.05) is 0 Å². The first kappa shape index (κ1) is 9.40. The van der Waals surface area contributed by atoms with Gasteiger partial charge < -0.3 is 25.5 Å². The molecule has 3 atom stereocenters. The molecule has 3 rings (SSSR count). The van der Waals surface area contributed by atoms with E-state index in [0.717, 1.165) is 6.42 Å². The Kier molecular flexibility index (Phi) is 1.41. The van der Waals surface area contributed by atoms with Gasteiger partial charge in [0.05, 0.1) is 6.42 Å². The van der Waals surface area contributed by atoms with E-state index < -0.39 is 6.61 Å². The van der Waals surface area contributed by atoms with E-state index in [-0.39, 0.29) is 34.2 Å². The lowest BCUT2D eigenvalue weighted by atomic mass is 10.2. The van der Waals surface area contributed by atoms with E-state index in [1.54, 1.807) is 0 Å². The maximum atomic E-state index is 10.7. The Balaban J connectivity index is 0.000000360. The van der Waals surface area contributed by atoms with Crippen molar-refractivity contribution in [3.8, 4) is 0 Å². The van der Waals surface area contributed by atoms with Crippen molar-refractivity contribution in [1.82, 2.24) is 0 Å². The second-order valence-corrected chi connectivity index (χ2v) is 3.19. The van der Waals surface area contributed by atoms with Gasteiger partial charge in [-0.25, -0.2) is 0 Å². The van der Waals surface area contributed by atoms with Crippen LogP contribution in [0.2, 0.25) is 0 Å². The minimum atomic E-state index is -0.457. The zero-order valence-electron chi connectivity index (χ0n) is 6.20. The summed E-state index contributed by atoms with van der Waals surface area (Å²) in [5.41, 5.74) is -0.486. The summed E-state index contributed by atoms with van der Waals surface area (Å²) in [6.45, 7) is -0.457. The van der Waals surface area contributed by atoms with E-state index in [2.05, 4.69) is 4.37 Å². The van der Waals surface area contributed by atoms with Crippen LogP contribution in [0.1, 0.15) is 6.42 Å². The van der Waals surface area contributed by atoms with Crippen molar-refractivity contribution in [2.45, 2.75) is 23.7 Å². The molecule has 0 bridgehead atoms. The minimum absolute atomic E-state index is 0. The molecule has 2 aliphatic carbocycles. The van der Waals surface area contributed by atoms with Crippen LogP contribution in [0, 0.1) is 0 Å². The van der Waals surface area contributed by atoms with Crippen molar-refractivity contribution < 1.29 is 30.3 Å². The number of carbonyl (C=O) groups excluding carboxylic acids is 1. The SMILES string of the molecule is O.O.O=C(CO)[O+]1C23C[C@@]12C3O. The van der Waals surface area contributed by atoms with E-state index in [1.807, 2.05) is 0 Å². The maximum Gasteiger partial charge on any atom is 0.545 e. The molecule has 3 aliphatic rings. The monoisotopic (exact) mass is 179 g/mol. The van der Waals surface area contributed by atoms with Gasteiger partial charge in [0.2, 0.25) is 17.8 Å². The number of epoxide rings is 1. The zero-order valence-corrected chi connectivity index (χ0v) is 6.20. The molecule has 70 valence electrons. The van der Waals surface area contributed by atoms with Gasteiger partial charge in [-0.05, 0) is 0 Å². The van der Waals surface area contributed by atoms with Crippen LogP contribution in [-0.2, 0) is 9.16 Å². The van der Waals surface area contributed by atoms with E-state index >= 15 is 0 Å². The summed E-state index contributed by atoms with van der Waals surface area (Å²) in [4.78, 5) is 10.7. The number of aliphatic hydroxyl groups excluding tert-OH is 2. The molecule has 12 heavy (non-hydrogen) atoms. The first-order valence-electron chi connectivity index (χ1n) is 3.28. The number of carbonyl (C=O) groups is 1. The van der Waals surface area contributed by atoms with Gasteiger partial charge in [-0.15, -0.1) is 0 Å². The topological polar surface area (TPSA) is 123 Å². The van der Waals surface area contributed by atoms with Crippen molar-refractivity contribution in [3.63, 3.8) is 0 Å². The van der Waals surface area contributed by atoms with Crippen molar-refractivity contribution in [3.05, 3.63) is 0 Å². The van der Waals surface area contributed by atoms with E-state index in [9.17, 15) is 4.79 Å². The quantitative estimate of drug-likeness (QED) is 0.248. The van der Waals surface area contributed by atoms with Crippen LogP contribution in [0.4, 0.5) is 0 Å². The molecular formula is C6H11O6+. The maximum absolute atomic E-state index is 10.7. The van der Waals surface area contributed by atoms with Crippen molar-refractivity contribution >= 4 is 5.97 Å². The summed E-state index contributed by atoms with van der Waals surface area (Å²) < 4.78 is 2.36. The van der Waals surface area contributed by atoms with Crippen LogP contribution in [0.15, 0.2) is 0 Å². The largest absolute Gasteiger partial charge is 0.545 e. The van der Waals surface area contributed by atoms with Gasteiger partial charge in [-0.2, -0.15) is 0 Å². The Bertz CT molecular complexity index is 236. The van der Waals surface area contributed by atoms with E-state index in [4.69, 9.17) is 10.2 Å². The zero-order chi connectivity index (χ0) is 7.15. The number of rotatable bonds is 1. The average molecular weight is 179 g/mol. The molecule has 6 heteroatoms. The number of aliphatic hydroxyl groups is 2. The molecule has 6 nitrogen and oxygen atoms in total. The van der Waals surface area contributed by atoms with Crippen molar-refractivity contribution in [1.29, 1.82) is 0 Å². The average Bonchev–Trinajstić information content (AvgIpc) is 2.75. The second-order valence-electron chi connectivity index (χ2n) is 3.19. The summed E-state index contributed by atoms with van der Waals surface area (Å²) >= 11 is 0. The Morgan fingerprint density at radius 2 is 2.00 bits per heavy atom. The van der Waals surface area contributed by atoms with Gasteiger partial charge in [0.25, 0.3) is 0 Å². The third-order valence-corrected chi connectivity index (χ3v) is 2.96. The molecule has 1 aliphatic heterocycles. The molecule has 1 saturated heterocycles. The van der Waals surface area contributed by atoms with Gasteiger partial charge in [0.15, 0.2) is 6.10 Å². The molecule has 0 spiro atoms. The number of hydrogen-bond donors (Lipinski definition) is 2. The summed E-state index contributed by atoms with van der Waals surface area (Å²) in [7, 11) is 0. The molecule has 1 heterocycles. The van der Waals surface area contributed by atoms with Crippen LogP contribution in [-0.4, -0.2) is 51.0 Å². The Labute approximate surface area is 67.7 Å². The molecule has 2 unspecified atom stereocenters. The fourth-order valence-corrected chi connectivity index (χ4v) is 2.08. The summed E-state index contributed by atoms with van der Waals surface area (Å²) in [6, 6.07) is 0. The second kappa shape index (κ2) is 1.80. The third kappa shape index (κ3) is 0.438. The summed E-state index contributed by atoms with van der Waals surface area (Å²) in [5.74, 6) is -0.323. The van der Waals surface area contributed by atoms with Gasteiger partial charge in [-0.3, -0.25) is 0 Å². The van der Waals surface area contributed by atoms with Crippen molar-refractivity contribution in [2.24, 2.45) is 0 Å². The van der Waals surface area contributed by atoms with E-state index in [1.165, 1.54) is 0 Å². The predicted molar refractivity (Wildman–Crippen MR) is 36.5 cm³/mol. The highest BCUT2D eigenvalue weighted by atomic mass is 16.9. The molecule has 6 N–H and O–H groups in total. The number of hydrogen-bond acceptors (Lipinski definition) is 3. The van der Waals surface area contributed by atoms with Gasteiger partial charge >= 0.3 is 5.97 Å². The standard InChI is InChI=1S/C6H7O4.2H2O/c7-1-3(8)10-5-2-6(5,10)4(5)9;;/h4,7,9H,1-2H2;2*1H2/q+1;;/t4?,5-,6?;;/m0../s1. The van der Waals surface area contributed by atoms with Gasteiger partial charge in [0.1, 0.15) is 0 Å². The minimum Gasteiger partial charge on any atom is -0.521 e. The van der Waals surface area contributed by atoms with Crippen LogP contribution < -0.4 is 0 Å². The molecule has 0 radical (unpaired) electrons. The first-order valence-corrected chi connectivity index (χ1v) is 3.28. The van der Waals surface area contributed by atoms with Gasteiger partial charge in [0, 0.05) is 4.79 Å². The summed E-state index contributed by atoms with van der Waals surface area (Å²) in [6.07, 6.45) is 0.609. The lowest BCUT2D eigenvalue weighted by Gasteiger charge is -2.25. The lowest BCUT2D eigenvalue weighted by molar-refractivity contribution is -0.221. The van der Waals surface area contributed by atoms with Crippen LogP contribution in [0.25, 0.3) is 0 Å². The molecule has 2 saturated carbocycles. The molecule has 0 aromatic rings. The molecule has 0 amide bonds. The highest BCUT2D eigenvalue weighted by Gasteiger charge is 3.22. The molecular weight excluding hydrogens is 168 g/mol. The smallest absolute Gasteiger partial charge is 0.521 e. The first-order chi connectivity index (χ1) is 4.72. The van der Waals surface area contributed by atoms with Crippen LogP contribution in [0.3, 0.4) is 0 Å². The van der Waals surface area contributed by atoms with Crippen LogP contribution in [0.5, 0.6) is 0 Å². The van der Waals surface area contributed by atoms with Crippen molar-refractivity contribution in [2.75, 3.05) is 6.61 Å². The molecule has 3 fully saturated rings. The Morgan fingerprint density at radius 1 is 1.50 bits per heavy atom. The van der Waals surface area contributed by atoms with Crippen LogP contribution >= 0.6 is 0 Å². The third-order valence-electron chi connectivity index (χ3n) is 2.96.